The topological polar surface area (TPSA) is 63.6 Å². The Morgan fingerprint density at radius 2 is 2.06 bits per heavy atom. The quantitative estimate of drug-likeness (QED) is 0.828. The summed E-state index contributed by atoms with van der Waals surface area (Å²) < 4.78 is 39.8. The molecule has 0 heterocycles. The summed E-state index contributed by atoms with van der Waals surface area (Å²) in [5.41, 5.74) is -0.443. The zero-order valence-corrected chi connectivity index (χ0v) is 8.32. The first-order valence-electron chi connectivity index (χ1n) is 4.38. The van der Waals surface area contributed by atoms with E-state index in [9.17, 15) is 22.8 Å². The van der Waals surface area contributed by atoms with E-state index in [4.69, 9.17) is 5.11 Å². The zero-order chi connectivity index (χ0) is 13.1. The van der Waals surface area contributed by atoms with Crippen LogP contribution in [0.1, 0.15) is 15.9 Å². The summed E-state index contributed by atoms with van der Waals surface area (Å²) >= 11 is 0. The Hall–Kier alpha value is -2.05. The van der Waals surface area contributed by atoms with Crippen molar-refractivity contribution in [3.8, 4) is 5.75 Å². The van der Waals surface area contributed by atoms with Gasteiger partial charge in [-0.15, -0.1) is 13.2 Å². The molecule has 1 N–H and O–H groups in total. The van der Waals surface area contributed by atoms with Gasteiger partial charge in [-0.25, -0.2) is 0 Å². The van der Waals surface area contributed by atoms with Crippen LogP contribution in [-0.4, -0.2) is 23.7 Å². The van der Waals surface area contributed by atoms with Gasteiger partial charge in [-0.1, -0.05) is 12.1 Å². The summed E-state index contributed by atoms with van der Waals surface area (Å²) in [5, 5.41) is 8.56. The first-order chi connectivity index (χ1) is 7.83. The highest BCUT2D eigenvalue weighted by atomic mass is 19.4. The molecule has 1 aromatic rings. The minimum Gasteiger partial charge on any atom is -0.481 e. The van der Waals surface area contributed by atoms with Crippen molar-refractivity contribution >= 4 is 12.3 Å². The number of carbonyl (C=O) groups excluding carboxylic acids is 1. The Morgan fingerprint density at radius 3 is 2.53 bits per heavy atom. The standard InChI is InChI=1S/C10H7F3O4/c11-10(12,13)17-8-3-1-2-6(5-14)7(8)4-9(15)16/h1-3,5H,4H2,(H,15,16). The van der Waals surface area contributed by atoms with Gasteiger partial charge in [0.25, 0.3) is 0 Å². The molecule has 0 bridgehead atoms. The summed E-state index contributed by atoms with van der Waals surface area (Å²) in [6, 6.07) is 3.35. The van der Waals surface area contributed by atoms with Crippen LogP contribution in [0.2, 0.25) is 0 Å². The number of rotatable bonds is 4. The van der Waals surface area contributed by atoms with Crippen molar-refractivity contribution in [3.63, 3.8) is 0 Å². The molecule has 92 valence electrons. The summed E-state index contributed by atoms with van der Waals surface area (Å²) in [6.45, 7) is 0. The lowest BCUT2D eigenvalue weighted by atomic mass is 10.0. The van der Waals surface area contributed by atoms with Gasteiger partial charge in [0, 0.05) is 11.1 Å². The molecule has 0 atom stereocenters. The first kappa shape index (κ1) is 13.0. The molecule has 0 aliphatic carbocycles. The predicted octanol–water partition coefficient (Wildman–Crippen LogP) is 2.02. The lowest BCUT2D eigenvalue weighted by Crippen LogP contribution is -2.19. The highest BCUT2D eigenvalue weighted by Gasteiger charge is 2.32. The molecule has 0 saturated heterocycles. The molecule has 4 nitrogen and oxygen atoms in total. The highest BCUT2D eigenvalue weighted by Crippen LogP contribution is 2.28. The Bertz CT molecular complexity index is 440. The molecule has 7 heteroatoms. The van der Waals surface area contributed by atoms with Crippen LogP contribution in [0.4, 0.5) is 13.2 Å². The van der Waals surface area contributed by atoms with Crippen LogP contribution in [0.5, 0.6) is 5.75 Å². The van der Waals surface area contributed by atoms with E-state index in [2.05, 4.69) is 4.74 Å². The number of ether oxygens (including phenoxy) is 1. The number of halogens is 3. The summed E-state index contributed by atoms with van der Waals surface area (Å²) in [5.74, 6) is -2.03. The van der Waals surface area contributed by atoms with Crippen molar-refractivity contribution < 1.29 is 32.6 Å². The second kappa shape index (κ2) is 4.86. The third-order valence-corrected chi connectivity index (χ3v) is 1.85. The molecular weight excluding hydrogens is 241 g/mol. The van der Waals surface area contributed by atoms with Crippen LogP contribution < -0.4 is 4.74 Å². The molecular formula is C10H7F3O4. The van der Waals surface area contributed by atoms with Gasteiger partial charge in [-0.2, -0.15) is 0 Å². The summed E-state index contributed by atoms with van der Waals surface area (Å²) in [7, 11) is 0. The molecule has 17 heavy (non-hydrogen) atoms. The van der Waals surface area contributed by atoms with Gasteiger partial charge < -0.3 is 9.84 Å². The van der Waals surface area contributed by atoms with Crippen LogP contribution in [-0.2, 0) is 11.2 Å². The van der Waals surface area contributed by atoms with Crippen LogP contribution in [0.25, 0.3) is 0 Å². The van der Waals surface area contributed by atoms with E-state index in [-0.39, 0.29) is 17.4 Å². The van der Waals surface area contributed by atoms with Gasteiger partial charge in [0.1, 0.15) is 12.0 Å². The first-order valence-corrected chi connectivity index (χ1v) is 4.38. The molecule has 1 aromatic carbocycles. The van der Waals surface area contributed by atoms with Crippen molar-refractivity contribution in [3.05, 3.63) is 29.3 Å². The molecule has 0 aromatic heterocycles. The molecule has 0 spiro atoms. The lowest BCUT2D eigenvalue weighted by molar-refractivity contribution is -0.274. The SMILES string of the molecule is O=Cc1cccc(OC(F)(F)F)c1CC(=O)O. The van der Waals surface area contributed by atoms with Crippen molar-refractivity contribution in [1.29, 1.82) is 0 Å². The number of carboxylic acid groups (broad SMARTS) is 1. The normalized spacial score (nSPS) is 11.0. The maximum absolute atomic E-state index is 12.0. The molecule has 0 saturated carbocycles. The van der Waals surface area contributed by atoms with Gasteiger partial charge in [0.05, 0.1) is 6.42 Å². The number of carboxylic acids is 1. The van der Waals surface area contributed by atoms with E-state index in [0.717, 1.165) is 6.07 Å². The van der Waals surface area contributed by atoms with Crippen LogP contribution in [0.3, 0.4) is 0 Å². The fraction of sp³-hybridized carbons (Fsp3) is 0.200. The fourth-order valence-corrected chi connectivity index (χ4v) is 1.25. The lowest BCUT2D eigenvalue weighted by Gasteiger charge is -2.13. The van der Waals surface area contributed by atoms with E-state index < -0.39 is 24.5 Å². The third kappa shape index (κ3) is 3.78. The van der Waals surface area contributed by atoms with Gasteiger partial charge in [-0.05, 0) is 6.07 Å². The van der Waals surface area contributed by atoms with Gasteiger partial charge in [0.15, 0.2) is 0 Å². The Kier molecular flexibility index (Phi) is 3.72. The van der Waals surface area contributed by atoms with Crippen molar-refractivity contribution in [2.75, 3.05) is 0 Å². The molecule has 0 fully saturated rings. The number of aliphatic carboxylic acids is 1. The molecule has 0 aliphatic rings. The number of carbonyl (C=O) groups is 2. The largest absolute Gasteiger partial charge is 0.573 e. The number of hydrogen-bond donors (Lipinski definition) is 1. The molecule has 0 aliphatic heterocycles. The maximum atomic E-state index is 12.0. The third-order valence-electron chi connectivity index (χ3n) is 1.85. The highest BCUT2D eigenvalue weighted by molar-refractivity contribution is 5.82. The molecule has 0 radical (unpaired) electrons. The average Bonchev–Trinajstić information content (AvgIpc) is 2.17. The van der Waals surface area contributed by atoms with Gasteiger partial charge in [0.2, 0.25) is 0 Å². The van der Waals surface area contributed by atoms with Crippen molar-refractivity contribution in [2.24, 2.45) is 0 Å². The van der Waals surface area contributed by atoms with E-state index in [1.165, 1.54) is 12.1 Å². The van der Waals surface area contributed by atoms with E-state index >= 15 is 0 Å². The van der Waals surface area contributed by atoms with Crippen LogP contribution in [0, 0.1) is 0 Å². The Morgan fingerprint density at radius 1 is 1.41 bits per heavy atom. The molecule has 0 unspecified atom stereocenters. The maximum Gasteiger partial charge on any atom is 0.573 e. The second-order valence-electron chi connectivity index (χ2n) is 3.06. The van der Waals surface area contributed by atoms with Crippen LogP contribution in [0.15, 0.2) is 18.2 Å². The summed E-state index contributed by atoms with van der Waals surface area (Å²) in [4.78, 5) is 21.1. The van der Waals surface area contributed by atoms with Gasteiger partial charge >= 0.3 is 12.3 Å². The summed E-state index contributed by atoms with van der Waals surface area (Å²) in [6.07, 6.45) is -5.38. The number of alkyl halides is 3. The van der Waals surface area contributed by atoms with Crippen molar-refractivity contribution in [1.82, 2.24) is 0 Å². The van der Waals surface area contributed by atoms with E-state index in [1.54, 1.807) is 0 Å². The predicted molar refractivity (Wildman–Crippen MR) is 49.9 cm³/mol. The van der Waals surface area contributed by atoms with E-state index in [1.807, 2.05) is 0 Å². The minimum atomic E-state index is -4.94. The zero-order valence-electron chi connectivity index (χ0n) is 8.32. The Balaban J connectivity index is 3.19. The fourth-order valence-electron chi connectivity index (χ4n) is 1.25. The molecule has 1 rings (SSSR count). The van der Waals surface area contributed by atoms with Crippen molar-refractivity contribution in [2.45, 2.75) is 12.8 Å². The van der Waals surface area contributed by atoms with E-state index in [0.29, 0.717) is 0 Å². The monoisotopic (exact) mass is 248 g/mol. The van der Waals surface area contributed by atoms with Crippen LogP contribution >= 0.6 is 0 Å². The second-order valence-corrected chi connectivity index (χ2v) is 3.06. The number of aldehydes is 1. The molecule has 0 amide bonds. The average molecular weight is 248 g/mol. The number of benzene rings is 1. The minimum absolute atomic E-state index is 0.144. The Labute approximate surface area is 93.6 Å². The number of hydrogen-bond acceptors (Lipinski definition) is 3. The smallest absolute Gasteiger partial charge is 0.481 e. The van der Waals surface area contributed by atoms with Gasteiger partial charge in [-0.3, -0.25) is 9.59 Å².